The highest BCUT2D eigenvalue weighted by Gasteiger charge is 2.34. The highest BCUT2D eigenvalue weighted by molar-refractivity contribution is 5.70. The standard InChI is InChI=1S/C14H15F3O3/c15-14(16,17)10-5-2-6-11(7-10)20-8-12(13(18)19)9-3-1-4-9/h2,5-7,9,12H,1,3-4,8H2,(H,18,19). The van der Waals surface area contributed by atoms with Crippen LogP contribution in [0.3, 0.4) is 0 Å². The minimum atomic E-state index is -4.43. The van der Waals surface area contributed by atoms with Crippen LogP contribution in [-0.4, -0.2) is 17.7 Å². The molecule has 0 radical (unpaired) electrons. The Bertz CT molecular complexity index is 481. The van der Waals surface area contributed by atoms with Crippen LogP contribution < -0.4 is 4.74 Å². The maximum absolute atomic E-state index is 12.5. The van der Waals surface area contributed by atoms with Crippen molar-refractivity contribution in [1.82, 2.24) is 0 Å². The first-order valence-electron chi connectivity index (χ1n) is 6.41. The number of hydrogen-bond donors (Lipinski definition) is 1. The topological polar surface area (TPSA) is 46.5 Å². The lowest BCUT2D eigenvalue weighted by Gasteiger charge is -2.30. The maximum atomic E-state index is 12.5. The highest BCUT2D eigenvalue weighted by Crippen LogP contribution is 2.35. The SMILES string of the molecule is O=C(O)C(COc1cccc(C(F)(F)F)c1)C1CCC1. The molecule has 1 atom stereocenters. The molecule has 0 heterocycles. The molecule has 1 aliphatic carbocycles. The van der Waals surface area contributed by atoms with E-state index in [1.165, 1.54) is 12.1 Å². The predicted octanol–water partition coefficient (Wildman–Crippen LogP) is 3.59. The van der Waals surface area contributed by atoms with Crippen molar-refractivity contribution in [2.24, 2.45) is 11.8 Å². The molecule has 1 N–H and O–H groups in total. The minimum absolute atomic E-state index is 0.0467. The quantitative estimate of drug-likeness (QED) is 0.900. The van der Waals surface area contributed by atoms with Crippen molar-refractivity contribution in [1.29, 1.82) is 0 Å². The lowest BCUT2D eigenvalue weighted by molar-refractivity contribution is -0.146. The van der Waals surface area contributed by atoms with Gasteiger partial charge in [0.05, 0.1) is 11.5 Å². The van der Waals surface area contributed by atoms with E-state index in [1.54, 1.807) is 0 Å². The summed E-state index contributed by atoms with van der Waals surface area (Å²) >= 11 is 0. The number of ether oxygens (including phenoxy) is 1. The van der Waals surface area contributed by atoms with Gasteiger partial charge in [-0.05, 0) is 37.0 Å². The second-order valence-electron chi connectivity index (χ2n) is 4.97. The minimum Gasteiger partial charge on any atom is -0.493 e. The zero-order chi connectivity index (χ0) is 14.8. The Kier molecular flexibility index (Phi) is 4.20. The molecule has 1 aliphatic rings. The number of aliphatic carboxylic acids is 1. The Morgan fingerprint density at radius 3 is 2.60 bits per heavy atom. The number of alkyl halides is 3. The number of halogens is 3. The van der Waals surface area contributed by atoms with E-state index in [1.807, 2.05) is 0 Å². The van der Waals surface area contributed by atoms with Gasteiger partial charge in [-0.2, -0.15) is 13.2 Å². The Labute approximate surface area is 114 Å². The van der Waals surface area contributed by atoms with Crippen LogP contribution >= 0.6 is 0 Å². The normalized spacial score (nSPS) is 17.4. The van der Waals surface area contributed by atoms with Crippen LogP contribution in [0.15, 0.2) is 24.3 Å². The van der Waals surface area contributed by atoms with Crippen LogP contribution in [0.2, 0.25) is 0 Å². The predicted molar refractivity (Wildman–Crippen MR) is 65.4 cm³/mol. The van der Waals surface area contributed by atoms with Crippen LogP contribution in [0, 0.1) is 11.8 Å². The molecule has 1 aromatic rings. The zero-order valence-electron chi connectivity index (χ0n) is 10.7. The number of rotatable bonds is 5. The first-order valence-corrected chi connectivity index (χ1v) is 6.41. The Hall–Kier alpha value is -1.72. The third kappa shape index (κ3) is 3.43. The smallest absolute Gasteiger partial charge is 0.416 e. The van der Waals surface area contributed by atoms with Crippen molar-refractivity contribution in [3.63, 3.8) is 0 Å². The van der Waals surface area contributed by atoms with Gasteiger partial charge in [-0.3, -0.25) is 4.79 Å². The lowest BCUT2D eigenvalue weighted by Crippen LogP contribution is -2.33. The van der Waals surface area contributed by atoms with Crippen LogP contribution in [0.25, 0.3) is 0 Å². The zero-order valence-corrected chi connectivity index (χ0v) is 10.7. The fourth-order valence-electron chi connectivity index (χ4n) is 2.20. The van der Waals surface area contributed by atoms with Crippen molar-refractivity contribution < 1.29 is 27.8 Å². The lowest BCUT2D eigenvalue weighted by atomic mass is 9.76. The number of hydrogen-bond acceptors (Lipinski definition) is 2. The number of benzene rings is 1. The molecule has 2 rings (SSSR count). The average molecular weight is 288 g/mol. The van der Waals surface area contributed by atoms with E-state index in [2.05, 4.69) is 0 Å². The molecule has 0 aromatic heterocycles. The van der Waals surface area contributed by atoms with Crippen molar-refractivity contribution in [2.45, 2.75) is 25.4 Å². The van der Waals surface area contributed by atoms with Gasteiger partial charge < -0.3 is 9.84 Å². The fraction of sp³-hybridized carbons (Fsp3) is 0.500. The van der Waals surface area contributed by atoms with E-state index in [4.69, 9.17) is 9.84 Å². The second kappa shape index (κ2) is 5.73. The first kappa shape index (κ1) is 14.7. The van der Waals surface area contributed by atoms with Gasteiger partial charge in [-0.1, -0.05) is 12.5 Å². The molecule has 0 bridgehead atoms. The molecule has 6 heteroatoms. The van der Waals surface area contributed by atoms with Gasteiger partial charge >= 0.3 is 12.1 Å². The summed E-state index contributed by atoms with van der Waals surface area (Å²) in [4.78, 5) is 11.1. The molecule has 110 valence electrons. The Morgan fingerprint density at radius 2 is 2.10 bits per heavy atom. The van der Waals surface area contributed by atoms with E-state index in [9.17, 15) is 18.0 Å². The van der Waals surface area contributed by atoms with E-state index in [-0.39, 0.29) is 18.3 Å². The van der Waals surface area contributed by atoms with E-state index in [0.717, 1.165) is 31.4 Å². The van der Waals surface area contributed by atoms with Crippen LogP contribution in [0.4, 0.5) is 13.2 Å². The van der Waals surface area contributed by atoms with Gasteiger partial charge in [0.2, 0.25) is 0 Å². The molecule has 1 aromatic carbocycles. The molecule has 20 heavy (non-hydrogen) atoms. The monoisotopic (exact) mass is 288 g/mol. The van der Waals surface area contributed by atoms with Crippen molar-refractivity contribution in [3.8, 4) is 5.75 Å². The molecule has 1 saturated carbocycles. The van der Waals surface area contributed by atoms with Gasteiger partial charge in [0, 0.05) is 0 Å². The molecule has 0 aliphatic heterocycles. The molecule has 3 nitrogen and oxygen atoms in total. The summed E-state index contributed by atoms with van der Waals surface area (Å²) in [5.74, 6) is -1.50. The van der Waals surface area contributed by atoms with Gasteiger partial charge in [-0.25, -0.2) is 0 Å². The number of carboxylic acids is 1. The fourth-order valence-corrected chi connectivity index (χ4v) is 2.20. The summed E-state index contributed by atoms with van der Waals surface area (Å²) in [7, 11) is 0. The largest absolute Gasteiger partial charge is 0.493 e. The third-order valence-electron chi connectivity index (χ3n) is 3.63. The Morgan fingerprint density at radius 1 is 1.40 bits per heavy atom. The van der Waals surface area contributed by atoms with E-state index < -0.39 is 23.6 Å². The maximum Gasteiger partial charge on any atom is 0.416 e. The molecule has 0 saturated heterocycles. The van der Waals surface area contributed by atoms with Crippen molar-refractivity contribution >= 4 is 5.97 Å². The third-order valence-corrected chi connectivity index (χ3v) is 3.63. The number of carbonyl (C=O) groups is 1. The van der Waals surface area contributed by atoms with Crippen LogP contribution in [-0.2, 0) is 11.0 Å². The van der Waals surface area contributed by atoms with Gasteiger partial charge in [0.25, 0.3) is 0 Å². The highest BCUT2D eigenvalue weighted by atomic mass is 19.4. The molecular weight excluding hydrogens is 273 g/mol. The summed E-state index contributed by atoms with van der Waals surface area (Å²) in [6, 6.07) is 4.49. The molecular formula is C14H15F3O3. The average Bonchev–Trinajstić information content (AvgIpc) is 2.31. The molecule has 1 fully saturated rings. The summed E-state index contributed by atoms with van der Waals surface area (Å²) in [5, 5.41) is 9.11. The number of carboxylic acid groups (broad SMARTS) is 1. The van der Waals surface area contributed by atoms with Crippen molar-refractivity contribution in [2.75, 3.05) is 6.61 Å². The molecule has 1 unspecified atom stereocenters. The second-order valence-corrected chi connectivity index (χ2v) is 4.97. The summed E-state index contributed by atoms with van der Waals surface area (Å²) in [6.45, 7) is -0.0959. The van der Waals surface area contributed by atoms with Crippen LogP contribution in [0.5, 0.6) is 5.75 Å². The van der Waals surface area contributed by atoms with Gasteiger partial charge in [-0.15, -0.1) is 0 Å². The molecule has 0 amide bonds. The van der Waals surface area contributed by atoms with E-state index in [0.29, 0.717) is 0 Å². The summed E-state index contributed by atoms with van der Waals surface area (Å²) in [6.07, 6.45) is -1.76. The Balaban J connectivity index is 2.00. The van der Waals surface area contributed by atoms with Gasteiger partial charge in [0.15, 0.2) is 0 Å². The molecule has 0 spiro atoms. The van der Waals surface area contributed by atoms with E-state index >= 15 is 0 Å². The summed E-state index contributed by atoms with van der Waals surface area (Å²) < 4.78 is 42.9. The first-order chi connectivity index (χ1) is 9.38. The van der Waals surface area contributed by atoms with Gasteiger partial charge in [0.1, 0.15) is 12.4 Å². The van der Waals surface area contributed by atoms with Crippen molar-refractivity contribution in [3.05, 3.63) is 29.8 Å². The van der Waals surface area contributed by atoms with Crippen LogP contribution in [0.1, 0.15) is 24.8 Å². The summed E-state index contributed by atoms with van der Waals surface area (Å²) in [5.41, 5.74) is -0.800.